The molecule has 1 heterocycles. The minimum Gasteiger partial charge on any atom is -0.494 e. The average Bonchev–Trinajstić information content (AvgIpc) is 3.16. The van der Waals surface area contributed by atoms with Crippen molar-refractivity contribution in [2.24, 2.45) is 0 Å². The molecule has 0 aliphatic heterocycles. The van der Waals surface area contributed by atoms with E-state index in [0.29, 0.717) is 11.8 Å². The van der Waals surface area contributed by atoms with Crippen LogP contribution in [0.4, 0.5) is 0 Å². The Balaban J connectivity index is 2.02. The largest absolute Gasteiger partial charge is 0.494 e. The first-order valence-corrected chi connectivity index (χ1v) is 10.9. The van der Waals surface area contributed by atoms with Crippen LogP contribution in [0.2, 0.25) is 0 Å². The van der Waals surface area contributed by atoms with Gasteiger partial charge in [-0.05, 0) is 42.2 Å². The average molecular weight is 425 g/mol. The zero-order chi connectivity index (χ0) is 21.7. The molecule has 0 aliphatic carbocycles. The second-order valence-corrected chi connectivity index (χ2v) is 8.80. The smallest absolute Gasteiger partial charge is 0.230 e. The maximum Gasteiger partial charge on any atom is 0.230 e. The first-order chi connectivity index (χ1) is 14.3. The van der Waals surface area contributed by atoms with Crippen molar-refractivity contribution in [2.45, 2.75) is 38.3 Å². The van der Waals surface area contributed by atoms with Gasteiger partial charge in [0, 0.05) is 18.3 Å². The monoisotopic (exact) mass is 424 g/mol. The van der Waals surface area contributed by atoms with E-state index in [-0.39, 0.29) is 17.1 Å². The van der Waals surface area contributed by atoms with Crippen molar-refractivity contribution in [2.75, 3.05) is 19.4 Å². The topological polar surface area (TPSA) is 69.0 Å². The second-order valence-electron chi connectivity index (χ2n) is 7.86. The maximum atomic E-state index is 11.8. The summed E-state index contributed by atoms with van der Waals surface area (Å²) in [5.41, 5.74) is 3.22. The van der Waals surface area contributed by atoms with Gasteiger partial charge in [-0.15, -0.1) is 10.2 Å². The van der Waals surface area contributed by atoms with E-state index in [9.17, 15) is 4.79 Å². The molecular weight excluding hydrogens is 396 g/mol. The van der Waals surface area contributed by atoms with E-state index in [2.05, 4.69) is 60.6 Å². The number of amides is 1. The fourth-order valence-corrected chi connectivity index (χ4v) is 3.79. The summed E-state index contributed by atoms with van der Waals surface area (Å²) in [6.07, 6.45) is 0. The standard InChI is InChI=1S/C23H28N4O2S/c1-6-29-19-13-11-18(12-14-19)27-21(25-26-22(27)30-15-20(28)24-5)16-7-9-17(10-8-16)23(2,3)4/h7-14H,6,15H2,1-5H3,(H,24,28). The molecule has 0 radical (unpaired) electrons. The number of hydrogen-bond donors (Lipinski definition) is 1. The normalized spacial score (nSPS) is 11.4. The van der Waals surface area contributed by atoms with E-state index < -0.39 is 0 Å². The van der Waals surface area contributed by atoms with E-state index in [1.54, 1.807) is 7.05 Å². The van der Waals surface area contributed by atoms with Crippen LogP contribution in [0.15, 0.2) is 53.7 Å². The van der Waals surface area contributed by atoms with Crippen LogP contribution in [0.25, 0.3) is 17.1 Å². The number of aromatic nitrogens is 3. The van der Waals surface area contributed by atoms with Crippen LogP contribution in [-0.4, -0.2) is 40.1 Å². The Labute approximate surface area is 182 Å². The molecule has 2 aromatic carbocycles. The van der Waals surface area contributed by atoms with Crippen molar-refractivity contribution in [3.8, 4) is 22.8 Å². The van der Waals surface area contributed by atoms with Gasteiger partial charge in [-0.25, -0.2) is 0 Å². The molecular formula is C23H28N4O2S. The van der Waals surface area contributed by atoms with E-state index in [0.717, 1.165) is 22.8 Å². The first-order valence-electron chi connectivity index (χ1n) is 9.96. The van der Waals surface area contributed by atoms with Crippen LogP contribution < -0.4 is 10.1 Å². The molecule has 1 aromatic heterocycles. The Morgan fingerprint density at radius 1 is 1.07 bits per heavy atom. The van der Waals surface area contributed by atoms with Gasteiger partial charge >= 0.3 is 0 Å². The maximum absolute atomic E-state index is 11.8. The van der Waals surface area contributed by atoms with Crippen LogP contribution >= 0.6 is 11.8 Å². The van der Waals surface area contributed by atoms with Crippen LogP contribution in [-0.2, 0) is 10.2 Å². The Morgan fingerprint density at radius 3 is 2.30 bits per heavy atom. The zero-order valence-corrected chi connectivity index (χ0v) is 18.9. The third kappa shape index (κ3) is 5.02. The van der Waals surface area contributed by atoms with Crippen molar-refractivity contribution in [1.29, 1.82) is 0 Å². The summed E-state index contributed by atoms with van der Waals surface area (Å²) in [6, 6.07) is 16.2. The molecule has 7 heteroatoms. The molecule has 0 unspecified atom stereocenters. The number of benzene rings is 2. The highest BCUT2D eigenvalue weighted by Gasteiger charge is 2.19. The molecule has 0 saturated heterocycles. The lowest BCUT2D eigenvalue weighted by molar-refractivity contribution is -0.118. The molecule has 1 N–H and O–H groups in total. The summed E-state index contributed by atoms with van der Waals surface area (Å²) in [7, 11) is 1.63. The highest BCUT2D eigenvalue weighted by molar-refractivity contribution is 7.99. The summed E-state index contributed by atoms with van der Waals surface area (Å²) < 4.78 is 7.54. The van der Waals surface area contributed by atoms with Crippen molar-refractivity contribution >= 4 is 17.7 Å². The first kappa shape index (κ1) is 21.9. The zero-order valence-electron chi connectivity index (χ0n) is 18.1. The Morgan fingerprint density at radius 2 is 1.73 bits per heavy atom. The fourth-order valence-electron chi connectivity index (χ4n) is 2.96. The van der Waals surface area contributed by atoms with Crippen molar-refractivity contribution in [3.05, 3.63) is 54.1 Å². The summed E-state index contributed by atoms with van der Waals surface area (Å²) in [5.74, 6) is 1.76. The predicted molar refractivity (Wildman–Crippen MR) is 121 cm³/mol. The SMILES string of the molecule is CCOc1ccc(-n2c(SCC(=O)NC)nnc2-c2ccc(C(C)(C)C)cc2)cc1. The molecule has 0 fully saturated rings. The molecule has 0 aliphatic rings. The summed E-state index contributed by atoms with van der Waals surface area (Å²) in [5, 5.41) is 12.1. The minimum atomic E-state index is -0.0580. The Kier molecular flexibility index (Phi) is 6.82. The quantitative estimate of drug-likeness (QED) is 0.567. The van der Waals surface area contributed by atoms with E-state index in [1.165, 1.54) is 17.3 Å². The third-order valence-electron chi connectivity index (χ3n) is 4.66. The molecule has 0 atom stereocenters. The summed E-state index contributed by atoms with van der Waals surface area (Å²) in [4.78, 5) is 11.8. The molecule has 1 amide bonds. The minimum absolute atomic E-state index is 0.0580. The fraction of sp³-hybridized carbons (Fsp3) is 0.348. The van der Waals surface area contributed by atoms with Crippen LogP contribution in [0.1, 0.15) is 33.3 Å². The molecule has 158 valence electrons. The molecule has 0 saturated carbocycles. The molecule has 3 rings (SSSR count). The summed E-state index contributed by atoms with van der Waals surface area (Å²) >= 11 is 1.36. The van der Waals surface area contributed by atoms with Crippen molar-refractivity contribution < 1.29 is 9.53 Å². The van der Waals surface area contributed by atoms with Gasteiger partial charge in [0.2, 0.25) is 5.91 Å². The van der Waals surface area contributed by atoms with Gasteiger partial charge in [-0.1, -0.05) is 56.8 Å². The van der Waals surface area contributed by atoms with Gasteiger partial charge in [0.25, 0.3) is 0 Å². The van der Waals surface area contributed by atoms with Crippen LogP contribution in [0.3, 0.4) is 0 Å². The lowest BCUT2D eigenvalue weighted by Crippen LogP contribution is -2.20. The van der Waals surface area contributed by atoms with Crippen molar-refractivity contribution in [1.82, 2.24) is 20.1 Å². The number of thioether (sulfide) groups is 1. The molecule has 0 spiro atoms. The third-order valence-corrected chi connectivity index (χ3v) is 5.59. The lowest BCUT2D eigenvalue weighted by Gasteiger charge is -2.19. The number of ether oxygens (including phenoxy) is 1. The van der Waals surface area contributed by atoms with Gasteiger partial charge in [-0.2, -0.15) is 0 Å². The molecule has 30 heavy (non-hydrogen) atoms. The second kappa shape index (κ2) is 9.34. The van der Waals surface area contributed by atoms with Gasteiger partial charge in [0.1, 0.15) is 5.75 Å². The van der Waals surface area contributed by atoms with Crippen LogP contribution in [0, 0.1) is 0 Å². The lowest BCUT2D eigenvalue weighted by atomic mass is 9.87. The van der Waals surface area contributed by atoms with E-state index >= 15 is 0 Å². The number of rotatable bonds is 7. The number of nitrogens with one attached hydrogen (secondary N) is 1. The summed E-state index contributed by atoms with van der Waals surface area (Å²) in [6.45, 7) is 9.15. The number of hydrogen-bond acceptors (Lipinski definition) is 5. The molecule has 6 nitrogen and oxygen atoms in total. The molecule has 0 bridgehead atoms. The highest BCUT2D eigenvalue weighted by Crippen LogP contribution is 2.30. The van der Waals surface area contributed by atoms with Gasteiger partial charge in [0.05, 0.1) is 12.4 Å². The van der Waals surface area contributed by atoms with Gasteiger partial charge in [-0.3, -0.25) is 9.36 Å². The number of nitrogens with zero attached hydrogens (tertiary/aromatic N) is 3. The molecule has 3 aromatic rings. The Bertz CT molecular complexity index is 990. The van der Waals surface area contributed by atoms with Gasteiger partial charge in [0.15, 0.2) is 11.0 Å². The highest BCUT2D eigenvalue weighted by atomic mass is 32.2. The number of carbonyl (C=O) groups is 1. The van der Waals surface area contributed by atoms with Crippen LogP contribution in [0.5, 0.6) is 5.75 Å². The Hall–Kier alpha value is -2.80. The van der Waals surface area contributed by atoms with Gasteiger partial charge < -0.3 is 10.1 Å². The number of carbonyl (C=O) groups excluding carboxylic acids is 1. The predicted octanol–water partition coefficient (Wildman–Crippen LogP) is 4.47. The van der Waals surface area contributed by atoms with E-state index in [4.69, 9.17) is 4.74 Å². The van der Waals surface area contributed by atoms with Crippen molar-refractivity contribution in [3.63, 3.8) is 0 Å². The van der Waals surface area contributed by atoms with E-state index in [1.807, 2.05) is 35.8 Å².